The highest BCUT2D eigenvalue weighted by molar-refractivity contribution is 7.10. The Bertz CT molecular complexity index is 346. The summed E-state index contributed by atoms with van der Waals surface area (Å²) in [7, 11) is 0. The first-order valence-corrected chi connectivity index (χ1v) is 7.26. The van der Waals surface area contributed by atoms with Gasteiger partial charge in [0.25, 0.3) is 0 Å². The van der Waals surface area contributed by atoms with Gasteiger partial charge in [-0.3, -0.25) is 0 Å². The van der Waals surface area contributed by atoms with Crippen molar-refractivity contribution in [3.63, 3.8) is 0 Å². The third kappa shape index (κ3) is 3.80. The maximum atomic E-state index is 10.3. The maximum Gasteiger partial charge on any atom is 0.0769 e. The van der Waals surface area contributed by atoms with Crippen LogP contribution in [0.15, 0.2) is 11.4 Å². The first-order valence-electron chi connectivity index (χ1n) is 6.38. The van der Waals surface area contributed by atoms with E-state index in [-0.39, 0.29) is 0 Å². The fraction of sp³-hybridized carbons (Fsp3) is 0.714. The first-order chi connectivity index (χ1) is 7.88. The van der Waals surface area contributed by atoms with Gasteiger partial charge in [0.15, 0.2) is 0 Å². The molecule has 98 valence electrons. The largest absolute Gasteiger partial charge is 0.389 e. The molecule has 0 aliphatic rings. The summed E-state index contributed by atoms with van der Waals surface area (Å²) < 4.78 is 0. The summed E-state index contributed by atoms with van der Waals surface area (Å²) in [5.74, 6) is 0.312. The summed E-state index contributed by atoms with van der Waals surface area (Å²) in [6.07, 6.45) is 1.00. The third-order valence-corrected chi connectivity index (χ3v) is 4.94. The van der Waals surface area contributed by atoms with Gasteiger partial charge in [0.2, 0.25) is 0 Å². The minimum atomic E-state index is -0.631. The Balaban J connectivity index is 2.54. The summed E-state index contributed by atoms with van der Waals surface area (Å²) >= 11 is 1.78. The van der Waals surface area contributed by atoms with Crippen molar-refractivity contribution in [2.75, 3.05) is 6.54 Å². The molecule has 3 heteroatoms. The van der Waals surface area contributed by atoms with Gasteiger partial charge in [-0.1, -0.05) is 20.3 Å². The van der Waals surface area contributed by atoms with E-state index in [0.29, 0.717) is 18.5 Å². The van der Waals surface area contributed by atoms with E-state index < -0.39 is 5.60 Å². The maximum absolute atomic E-state index is 10.3. The zero-order chi connectivity index (χ0) is 13.1. The van der Waals surface area contributed by atoms with Crippen molar-refractivity contribution in [2.24, 2.45) is 5.92 Å². The Morgan fingerprint density at radius 1 is 1.47 bits per heavy atom. The highest BCUT2D eigenvalue weighted by Crippen LogP contribution is 2.25. The molecule has 0 aliphatic heterocycles. The molecule has 1 aromatic rings. The van der Waals surface area contributed by atoms with E-state index in [2.05, 4.69) is 44.5 Å². The van der Waals surface area contributed by atoms with E-state index >= 15 is 0 Å². The second-order valence-electron chi connectivity index (χ2n) is 5.24. The Hall–Kier alpha value is -0.380. The first kappa shape index (κ1) is 14.7. The predicted octanol–water partition coefficient (Wildman–Crippen LogP) is 3.50. The molecule has 0 amide bonds. The van der Waals surface area contributed by atoms with Crippen molar-refractivity contribution in [2.45, 2.75) is 52.7 Å². The van der Waals surface area contributed by atoms with Gasteiger partial charge in [0.05, 0.1) is 5.60 Å². The molecule has 0 aromatic carbocycles. The molecule has 0 radical (unpaired) electrons. The van der Waals surface area contributed by atoms with Crippen molar-refractivity contribution in [1.29, 1.82) is 0 Å². The number of aliphatic hydroxyl groups is 1. The number of nitrogens with one attached hydrogen (secondary N) is 1. The van der Waals surface area contributed by atoms with Crippen LogP contribution in [0.2, 0.25) is 0 Å². The van der Waals surface area contributed by atoms with Gasteiger partial charge in [-0.05, 0) is 43.7 Å². The molecule has 17 heavy (non-hydrogen) atoms. The van der Waals surface area contributed by atoms with Gasteiger partial charge in [0.1, 0.15) is 0 Å². The van der Waals surface area contributed by atoms with Crippen LogP contribution in [0.25, 0.3) is 0 Å². The third-order valence-electron chi connectivity index (χ3n) is 3.74. The van der Waals surface area contributed by atoms with Gasteiger partial charge >= 0.3 is 0 Å². The SMILES string of the molecule is CCC(C)C(C)(O)CNC(C)c1sccc1C. The number of thiophene rings is 1. The highest BCUT2D eigenvalue weighted by Gasteiger charge is 2.27. The normalized spacial score (nSPS) is 18.7. The number of hydrogen-bond donors (Lipinski definition) is 2. The smallest absolute Gasteiger partial charge is 0.0769 e. The molecule has 3 atom stereocenters. The van der Waals surface area contributed by atoms with Crippen molar-refractivity contribution >= 4 is 11.3 Å². The molecular weight excluding hydrogens is 230 g/mol. The van der Waals surface area contributed by atoms with Crippen LogP contribution >= 0.6 is 11.3 Å². The summed E-state index contributed by atoms with van der Waals surface area (Å²) in [5, 5.41) is 15.9. The topological polar surface area (TPSA) is 32.3 Å². The van der Waals surface area contributed by atoms with E-state index in [1.165, 1.54) is 10.4 Å². The second kappa shape index (κ2) is 5.98. The van der Waals surface area contributed by atoms with Crippen molar-refractivity contribution in [3.8, 4) is 0 Å². The van der Waals surface area contributed by atoms with Crippen LogP contribution in [-0.4, -0.2) is 17.3 Å². The van der Waals surface area contributed by atoms with Crippen molar-refractivity contribution in [3.05, 3.63) is 21.9 Å². The van der Waals surface area contributed by atoms with Gasteiger partial charge in [-0.2, -0.15) is 0 Å². The average Bonchev–Trinajstić information content (AvgIpc) is 2.71. The predicted molar refractivity (Wildman–Crippen MR) is 75.6 cm³/mol. The number of hydrogen-bond acceptors (Lipinski definition) is 3. The molecular formula is C14H25NOS. The minimum Gasteiger partial charge on any atom is -0.389 e. The zero-order valence-electron chi connectivity index (χ0n) is 11.6. The van der Waals surface area contributed by atoms with E-state index in [1.54, 1.807) is 11.3 Å². The molecule has 2 nitrogen and oxygen atoms in total. The lowest BCUT2D eigenvalue weighted by Crippen LogP contribution is -2.43. The Morgan fingerprint density at radius 2 is 2.12 bits per heavy atom. The van der Waals surface area contributed by atoms with Crippen molar-refractivity contribution < 1.29 is 5.11 Å². The van der Waals surface area contributed by atoms with Gasteiger partial charge in [-0.15, -0.1) is 11.3 Å². The quantitative estimate of drug-likeness (QED) is 0.815. The fourth-order valence-electron chi connectivity index (χ4n) is 1.89. The molecule has 0 saturated carbocycles. The van der Waals surface area contributed by atoms with Crippen molar-refractivity contribution in [1.82, 2.24) is 5.32 Å². The zero-order valence-corrected chi connectivity index (χ0v) is 12.4. The van der Waals surface area contributed by atoms with Crippen LogP contribution in [0.4, 0.5) is 0 Å². The molecule has 0 spiro atoms. The molecule has 1 heterocycles. The lowest BCUT2D eigenvalue weighted by atomic mass is 9.88. The van der Waals surface area contributed by atoms with Gasteiger partial charge < -0.3 is 10.4 Å². The van der Waals surface area contributed by atoms with Crippen LogP contribution in [-0.2, 0) is 0 Å². The molecule has 0 aliphatic carbocycles. The van der Waals surface area contributed by atoms with Gasteiger partial charge in [-0.25, -0.2) is 0 Å². The summed E-state index contributed by atoms with van der Waals surface area (Å²) in [5.41, 5.74) is 0.701. The van der Waals surface area contributed by atoms with Crippen LogP contribution < -0.4 is 5.32 Å². The summed E-state index contributed by atoms with van der Waals surface area (Å²) in [6.45, 7) is 11.1. The molecule has 3 unspecified atom stereocenters. The van der Waals surface area contributed by atoms with Crippen LogP contribution in [0.5, 0.6) is 0 Å². The van der Waals surface area contributed by atoms with E-state index in [9.17, 15) is 5.11 Å². The summed E-state index contributed by atoms with van der Waals surface area (Å²) in [6, 6.07) is 2.45. The molecule has 2 N–H and O–H groups in total. The van der Waals surface area contributed by atoms with Crippen LogP contribution in [0.1, 0.15) is 50.6 Å². The second-order valence-corrected chi connectivity index (χ2v) is 6.18. The lowest BCUT2D eigenvalue weighted by molar-refractivity contribution is 0.00371. The minimum absolute atomic E-state index is 0.311. The number of aryl methyl sites for hydroxylation is 1. The molecule has 1 aromatic heterocycles. The van der Waals surface area contributed by atoms with Crippen LogP contribution in [0, 0.1) is 12.8 Å². The highest BCUT2D eigenvalue weighted by atomic mass is 32.1. The monoisotopic (exact) mass is 255 g/mol. The average molecular weight is 255 g/mol. The molecule has 0 saturated heterocycles. The molecule has 1 rings (SSSR count). The Labute approximate surface area is 109 Å². The Morgan fingerprint density at radius 3 is 2.59 bits per heavy atom. The van der Waals surface area contributed by atoms with E-state index in [4.69, 9.17) is 0 Å². The summed E-state index contributed by atoms with van der Waals surface area (Å²) in [4.78, 5) is 1.37. The van der Waals surface area contributed by atoms with E-state index in [1.807, 2.05) is 6.92 Å². The fourth-order valence-corrected chi connectivity index (χ4v) is 2.85. The number of rotatable bonds is 6. The molecule has 0 fully saturated rings. The van der Waals surface area contributed by atoms with E-state index in [0.717, 1.165) is 6.42 Å². The van der Waals surface area contributed by atoms with Crippen LogP contribution in [0.3, 0.4) is 0 Å². The molecule has 0 bridgehead atoms. The van der Waals surface area contributed by atoms with Gasteiger partial charge in [0, 0.05) is 17.5 Å². The standard InChI is InChI=1S/C14H25NOS/c1-6-11(3)14(5,16)9-15-12(4)13-10(2)7-8-17-13/h7-8,11-12,15-16H,6,9H2,1-5H3. The lowest BCUT2D eigenvalue weighted by Gasteiger charge is -2.31. The Kier molecular flexibility index (Phi) is 5.17.